The Bertz CT molecular complexity index is 44.4. The van der Waals surface area contributed by atoms with Crippen molar-refractivity contribution in [3.05, 3.63) is 6.42 Å². The zero-order chi connectivity index (χ0) is 8.36. The summed E-state index contributed by atoms with van der Waals surface area (Å²) in [5.74, 6) is 0. The second kappa shape index (κ2) is 10.6. The molecule has 1 fully saturated rings. The summed E-state index contributed by atoms with van der Waals surface area (Å²) < 4.78 is 0. The van der Waals surface area contributed by atoms with Gasteiger partial charge in [0.15, 0.2) is 0 Å². The minimum absolute atomic E-state index is 1.34. The second-order valence-corrected chi connectivity index (χ2v) is 3.28. The van der Waals surface area contributed by atoms with Crippen LogP contribution in [0.2, 0.25) is 5.09 Å². The molecule has 0 amide bonds. The summed E-state index contributed by atoms with van der Waals surface area (Å²) in [5.41, 5.74) is 0. The first-order valence-corrected chi connectivity index (χ1v) is 5.23. The van der Waals surface area contributed by atoms with Gasteiger partial charge in [0.2, 0.25) is 0 Å². The monoisotopic (exact) mass is 147 g/mol. The Labute approximate surface area is 81.3 Å². The molecule has 0 unspecified atom stereocenters. The van der Waals surface area contributed by atoms with Crippen molar-refractivity contribution in [3.8, 4) is 0 Å². The Hall–Kier alpha value is 0.597. The molecule has 0 heterocycles. The molecular formula is C10H20Li. The van der Waals surface area contributed by atoms with E-state index in [0.29, 0.717) is 0 Å². The van der Waals surface area contributed by atoms with Crippen LogP contribution in [0.25, 0.3) is 0 Å². The van der Waals surface area contributed by atoms with Gasteiger partial charge < -0.3 is 0 Å². The van der Waals surface area contributed by atoms with Gasteiger partial charge in [0, 0.05) is 0 Å². The van der Waals surface area contributed by atoms with E-state index in [0.717, 1.165) is 0 Å². The summed E-state index contributed by atoms with van der Waals surface area (Å²) in [7, 11) is 0. The predicted molar refractivity (Wildman–Crippen MR) is 52.9 cm³/mol. The molecule has 0 N–H and O–H groups in total. The first-order chi connectivity index (χ1) is 5.41. The fourth-order valence-electron chi connectivity index (χ4n) is 1.25. The summed E-state index contributed by atoms with van der Waals surface area (Å²) in [6.45, 7) is 2.21. The number of unbranched alkanes of at least 4 members (excludes halogenated alkanes) is 1. The van der Waals surface area contributed by atoms with E-state index in [2.05, 4.69) is 31.1 Å². The zero-order valence-corrected chi connectivity index (χ0v) is 8.23. The van der Waals surface area contributed by atoms with Gasteiger partial charge in [-0.15, -0.1) is 0 Å². The van der Waals surface area contributed by atoms with Crippen LogP contribution in [0.4, 0.5) is 0 Å². The first-order valence-electron chi connectivity index (χ1n) is 5.23. The van der Waals surface area contributed by atoms with Crippen LogP contribution in [0, 0.1) is 6.42 Å². The number of hydrogen-bond acceptors (Lipinski definition) is 0. The topological polar surface area (TPSA) is 0 Å². The molecule has 0 atom stereocenters. The van der Waals surface area contributed by atoms with E-state index in [-0.39, 0.29) is 0 Å². The van der Waals surface area contributed by atoms with E-state index in [1.807, 2.05) is 0 Å². The maximum absolute atomic E-state index is 2.39. The molecule has 0 spiro atoms. The summed E-state index contributed by atoms with van der Waals surface area (Å²) >= 11 is 2.21. The first kappa shape index (κ1) is 11.6. The van der Waals surface area contributed by atoms with Crippen LogP contribution in [0.5, 0.6) is 0 Å². The van der Waals surface area contributed by atoms with Gasteiger partial charge in [0.25, 0.3) is 0 Å². The Kier molecular flexibility index (Phi) is 11.2. The molecule has 0 nitrogen and oxygen atoms in total. The average Bonchev–Trinajstić information content (AvgIpc) is 2.10. The molecule has 0 aliphatic heterocycles. The van der Waals surface area contributed by atoms with Gasteiger partial charge in [0.05, 0.1) is 0 Å². The number of hydrogen-bond donors (Lipinski definition) is 0. The summed E-state index contributed by atoms with van der Waals surface area (Å²) in [6.07, 6.45) is 12.2. The quantitative estimate of drug-likeness (QED) is 0.524. The molecular weight excluding hydrogens is 127 g/mol. The van der Waals surface area contributed by atoms with Crippen molar-refractivity contribution in [2.24, 2.45) is 0 Å². The molecule has 1 aliphatic rings. The second-order valence-electron chi connectivity index (χ2n) is 3.28. The van der Waals surface area contributed by atoms with Crippen molar-refractivity contribution >= 4 is 17.7 Å². The SMILES string of the molecule is [CH]1CCCCC1.[Li][CH2]CCC. The third-order valence-corrected chi connectivity index (χ3v) is 2.02. The van der Waals surface area contributed by atoms with Crippen LogP contribution in [-0.4, -0.2) is 17.7 Å². The number of rotatable bonds is 2. The van der Waals surface area contributed by atoms with E-state index < -0.39 is 0 Å². The van der Waals surface area contributed by atoms with Gasteiger partial charge in [-0.1, -0.05) is 32.1 Å². The van der Waals surface area contributed by atoms with Crippen molar-refractivity contribution in [1.29, 1.82) is 0 Å². The van der Waals surface area contributed by atoms with Crippen LogP contribution in [0.15, 0.2) is 0 Å². The van der Waals surface area contributed by atoms with Gasteiger partial charge in [-0.3, -0.25) is 0 Å². The molecule has 1 heteroatoms. The molecule has 61 valence electrons. The fraction of sp³-hybridized carbons (Fsp3) is 0.900. The predicted octanol–water partition coefficient (Wildman–Crippen LogP) is 3.53. The van der Waals surface area contributed by atoms with Crippen molar-refractivity contribution in [2.75, 3.05) is 0 Å². The van der Waals surface area contributed by atoms with Crippen molar-refractivity contribution in [2.45, 2.75) is 57.0 Å². The Balaban J connectivity index is 0.000000187. The van der Waals surface area contributed by atoms with Crippen LogP contribution >= 0.6 is 0 Å². The normalized spacial score (nSPS) is 17.0. The minimum atomic E-state index is 1.34. The molecule has 11 heavy (non-hydrogen) atoms. The van der Waals surface area contributed by atoms with Crippen molar-refractivity contribution in [3.63, 3.8) is 0 Å². The molecule has 1 rings (SSSR count). The van der Waals surface area contributed by atoms with Gasteiger partial charge in [-0.2, -0.15) is 0 Å². The fourth-order valence-corrected chi connectivity index (χ4v) is 1.25. The van der Waals surface area contributed by atoms with E-state index in [1.54, 1.807) is 0 Å². The molecule has 0 aromatic heterocycles. The molecule has 0 bridgehead atoms. The van der Waals surface area contributed by atoms with Gasteiger partial charge in [-0.05, 0) is 6.42 Å². The Morgan fingerprint density at radius 2 is 1.82 bits per heavy atom. The van der Waals surface area contributed by atoms with Crippen LogP contribution in [0.1, 0.15) is 51.9 Å². The molecule has 1 saturated carbocycles. The van der Waals surface area contributed by atoms with Gasteiger partial charge in [0.1, 0.15) is 0 Å². The third-order valence-electron chi connectivity index (χ3n) is 2.02. The Morgan fingerprint density at radius 1 is 1.18 bits per heavy atom. The zero-order valence-electron chi connectivity index (χ0n) is 8.23. The summed E-state index contributed by atoms with van der Waals surface area (Å²) in [6, 6.07) is 0. The summed E-state index contributed by atoms with van der Waals surface area (Å²) in [5, 5.41) is 1.34. The van der Waals surface area contributed by atoms with Crippen LogP contribution in [0.3, 0.4) is 0 Å². The van der Waals surface area contributed by atoms with Crippen LogP contribution in [-0.2, 0) is 0 Å². The van der Waals surface area contributed by atoms with E-state index >= 15 is 0 Å². The standard InChI is InChI=1S/C6H11.C4H9.Li/c1-2-4-6-5-3-1;1-3-4-2;/h1H,2-6H2;1,3-4H2,2H3;. The van der Waals surface area contributed by atoms with E-state index in [9.17, 15) is 0 Å². The average molecular weight is 147 g/mol. The van der Waals surface area contributed by atoms with E-state index in [1.165, 1.54) is 50.0 Å². The van der Waals surface area contributed by atoms with Gasteiger partial charge >= 0.3 is 42.6 Å². The molecule has 1 aliphatic carbocycles. The molecule has 1 radical (unpaired) electrons. The summed E-state index contributed by atoms with van der Waals surface area (Å²) in [4.78, 5) is 0. The molecule has 0 saturated heterocycles. The van der Waals surface area contributed by atoms with Crippen molar-refractivity contribution in [1.82, 2.24) is 0 Å². The van der Waals surface area contributed by atoms with Gasteiger partial charge in [-0.25, -0.2) is 0 Å². The van der Waals surface area contributed by atoms with E-state index in [4.69, 9.17) is 0 Å². The molecule has 0 aromatic carbocycles. The third kappa shape index (κ3) is 10.6. The Morgan fingerprint density at radius 3 is 1.91 bits per heavy atom. The van der Waals surface area contributed by atoms with Crippen LogP contribution < -0.4 is 0 Å². The maximum atomic E-state index is 2.39. The molecule has 0 aromatic rings. The van der Waals surface area contributed by atoms with Crippen molar-refractivity contribution < 1.29 is 0 Å².